The zero-order valence-electron chi connectivity index (χ0n) is 20.1. The normalized spacial score (nSPS) is 13.5. The number of nitrogens with two attached hydrogens (primary N) is 1. The maximum absolute atomic E-state index is 6.52. The number of nitrogens with zero attached hydrogens (tertiary/aromatic N) is 4. The van der Waals surface area contributed by atoms with Crippen molar-refractivity contribution in [1.29, 1.82) is 0 Å². The number of anilines is 5. The van der Waals surface area contributed by atoms with E-state index in [-0.39, 0.29) is 0 Å². The number of aromatic nitrogens is 2. The molecule has 1 aromatic heterocycles. The molecule has 4 aromatic rings. The largest absolute Gasteiger partial charge is 0.457 e. The molecule has 3 N–H and O–H groups in total. The highest BCUT2D eigenvalue weighted by Gasteiger charge is 2.22. The summed E-state index contributed by atoms with van der Waals surface area (Å²) in [6.07, 6.45) is 1.57. The van der Waals surface area contributed by atoms with E-state index < -0.39 is 0 Å². The van der Waals surface area contributed by atoms with Crippen LogP contribution in [0.3, 0.4) is 0 Å². The first kappa shape index (κ1) is 22.5. The van der Waals surface area contributed by atoms with E-state index in [9.17, 15) is 0 Å². The summed E-state index contributed by atoms with van der Waals surface area (Å²) in [6.45, 7) is 7.88. The Morgan fingerprint density at radius 1 is 0.771 bits per heavy atom. The third-order valence-corrected chi connectivity index (χ3v) is 6.45. The zero-order chi connectivity index (χ0) is 24.2. The van der Waals surface area contributed by atoms with Gasteiger partial charge >= 0.3 is 0 Å². The Morgan fingerprint density at radius 3 is 2.20 bits per heavy atom. The predicted molar refractivity (Wildman–Crippen MR) is 143 cm³/mol. The van der Waals surface area contributed by atoms with E-state index in [1.807, 2.05) is 54.6 Å². The molecule has 0 unspecified atom stereocenters. The Bertz CT molecular complexity index is 1280. The Morgan fingerprint density at radius 2 is 1.46 bits per heavy atom. The highest BCUT2D eigenvalue weighted by atomic mass is 16.5. The molecule has 1 fully saturated rings. The minimum Gasteiger partial charge on any atom is -0.457 e. The van der Waals surface area contributed by atoms with Crippen molar-refractivity contribution in [2.45, 2.75) is 13.8 Å². The van der Waals surface area contributed by atoms with Crippen LogP contribution >= 0.6 is 0 Å². The SMILES string of the molecule is Cc1cccc(N2CCN(c3ncnc(Nc4ccc(Oc5ccccc5)cc4)c3N)CC2)c1C. The number of para-hydroxylation sites is 1. The maximum atomic E-state index is 6.52. The average molecular weight is 467 g/mol. The van der Waals surface area contributed by atoms with Crippen LogP contribution in [0.2, 0.25) is 0 Å². The van der Waals surface area contributed by atoms with Gasteiger partial charge in [0, 0.05) is 37.6 Å². The second-order valence-electron chi connectivity index (χ2n) is 8.72. The Kier molecular flexibility index (Phi) is 6.39. The second kappa shape index (κ2) is 9.93. The number of aryl methyl sites for hydroxylation is 1. The molecule has 35 heavy (non-hydrogen) atoms. The molecule has 0 spiro atoms. The second-order valence-corrected chi connectivity index (χ2v) is 8.72. The molecule has 7 heteroatoms. The fourth-order valence-corrected chi connectivity index (χ4v) is 4.34. The van der Waals surface area contributed by atoms with E-state index in [0.717, 1.165) is 49.2 Å². The van der Waals surface area contributed by atoms with Crippen LogP contribution in [0.15, 0.2) is 79.1 Å². The van der Waals surface area contributed by atoms with Gasteiger partial charge in [-0.1, -0.05) is 30.3 Å². The third-order valence-electron chi connectivity index (χ3n) is 6.45. The van der Waals surface area contributed by atoms with Crippen molar-refractivity contribution in [3.05, 3.63) is 90.3 Å². The summed E-state index contributed by atoms with van der Waals surface area (Å²) in [5.41, 5.74) is 11.9. The molecule has 0 amide bonds. The number of nitrogen functional groups attached to an aromatic ring is 1. The standard InChI is InChI=1S/C28H30N6O/c1-20-7-6-10-25(21(20)2)33-15-17-34(18-16-33)28-26(29)27(30-19-31-28)32-22-11-13-24(14-12-22)35-23-8-4-3-5-9-23/h3-14,19H,15-18,29H2,1-2H3,(H,30,31,32). The van der Waals surface area contributed by atoms with E-state index in [1.54, 1.807) is 6.33 Å². The quantitative estimate of drug-likeness (QED) is 0.386. The fourth-order valence-electron chi connectivity index (χ4n) is 4.34. The molecule has 0 aliphatic carbocycles. The van der Waals surface area contributed by atoms with Gasteiger partial charge in [-0.15, -0.1) is 0 Å². The molecule has 1 aliphatic heterocycles. The summed E-state index contributed by atoms with van der Waals surface area (Å²) in [7, 11) is 0. The van der Waals surface area contributed by atoms with Crippen LogP contribution in [0.25, 0.3) is 0 Å². The monoisotopic (exact) mass is 466 g/mol. The van der Waals surface area contributed by atoms with Gasteiger partial charge in [0.15, 0.2) is 11.6 Å². The molecular weight excluding hydrogens is 436 g/mol. The molecule has 1 saturated heterocycles. The van der Waals surface area contributed by atoms with E-state index in [2.05, 4.69) is 57.1 Å². The Hall–Kier alpha value is -4.26. The highest BCUT2D eigenvalue weighted by molar-refractivity contribution is 5.78. The van der Waals surface area contributed by atoms with Crippen LogP contribution in [0.1, 0.15) is 11.1 Å². The summed E-state index contributed by atoms with van der Waals surface area (Å²) >= 11 is 0. The molecule has 5 rings (SSSR count). The van der Waals surface area contributed by atoms with Gasteiger partial charge in [-0.2, -0.15) is 0 Å². The first-order chi connectivity index (χ1) is 17.1. The Balaban J connectivity index is 1.25. The molecule has 0 saturated carbocycles. The van der Waals surface area contributed by atoms with E-state index in [4.69, 9.17) is 10.5 Å². The summed E-state index contributed by atoms with van der Waals surface area (Å²) in [4.78, 5) is 13.6. The van der Waals surface area contributed by atoms with Crippen molar-refractivity contribution >= 4 is 28.7 Å². The zero-order valence-corrected chi connectivity index (χ0v) is 20.1. The molecule has 178 valence electrons. The van der Waals surface area contributed by atoms with Gasteiger partial charge in [0.2, 0.25) is 0 Å². The lowest BCUT2D eigenvalue weighted by Gasteiger charge is -2.38. The molecule has 0 radical (unpaired) electrons. The van der Waals surface area contributed by atoms with Crippen molar-refractivity contribution in [3.63, 3.8) is 0 Å². The van der Waals surface area contributed by atoms with Gasteiger partial charge in [-0.05, 0) is 67.4 Å². The summed E-state index contributed by atoms with van der Waals surface area (Å²) in [6, 6.07) is 23.9. The smallest absolute Gasteiger partial charge is 0.159 e. The number of benzene rings is 3. The van der Waals surface area contributed by atoms with Crippen LogP contribution in [0.4, 0.5) is 28.7 Å². The van der Waals surface area contributed by atoms with Crippen molar-refractivity contribution in [1.82, 2.24) is 9.97 Å². The fraction of sp³-hybridized carbons (Fsp3) is 0.214. The molecular formula is C28H30N6O. The lowest BCUT2D eigenvalue weighted by Crippen LogP contribution is -2.47. The van der Waals surface area contributed by atoms with Gasteiger partial charge in [-0.25, -0.2) is 9.97 Å². The van der Waals surface area contributed by atoms with Crippen LogP contribution in [-0.4, -0.2) is 36.1 Å². The summed E-state index contributed by atoms with van der Waals surface area (Å²) in [5.74, 6) is 2.94. The van der Waals surface area contributed by atoms with Crippen molar-refractivity contribution in [2.24, 2.45) is 0 Å². The van der Waals surface area contributed by atoms with Crippen molar-refractivity contribution in [3.8, 4) is 11.5 Å². The Labute approximate surface area is 206 Å². The lowest BCUT2D eigenvalue weighted by molar-refractivity contribution is 0.483. The van der Waals surface area contributed by atoms with Crippen molar-refractivity contribution < 1.29 is 4.74 Å². The van der Waals surface area contributed by atoms with E-state index in [1.165, 1.54) is 16.8 Å². The number of nitrogens with one attached hydrogen (secondary N) is 1. The first-order valence-corrected chi connectivity index (χ1v) is 11.8. The molecule has 7 nitrogen and oxygen atoms in total. The van der Waals surface area contributed by atoms with Gasteiger partial charge in [0.1, 0.15) is 23.5 Å². The van der Waals surface area contributed by atoms with Gasteiger partial charge in [0.05, 0.1) is 0 Å². The molecule has 1 aliphatic rings. The van der Waals surface area contributed by atoms with Crippen LogP contribution in [-0.2, 0) is 0 Å². The number of hydrogen-bond acceptors (Lipinski definition) is 7. The van der Waals surface area contributed by atoms with E-state index in [0.29, 0.717) is 11.5 Å². The topological polar surface area (TPSA) is 79.5 Å². The van der Waals surface area contributed by atoms with E-state index >= 15 is 0 Å². The van der Waals surface area contributed by atoms with Gasteiger partial charge < -0.3 is 25.6 Å². The minimum atomic E-state index is 0.553. The van der Waals surface area contributed by atoms with Crippen molar-refractivity contribution in [2.75, 3.05) is 47.0 Å². The number of rotatable bonds is 6. The van der Waals surface area contributed by atoms with Crippen LogP contribution in [0, 0.1) is 13.8 Å². The van der Waals surface area contributed by atoms with Gasteiger partial charge in [0.25, 0.3) is 0 Å². The molecule has 2 heterocycles. The molecule has 0 bridgehead atoms. The maximum Gasteiger partial charge on any atom is 0.159 e. The third kappa shape index (κ3) is 4.99. The molecule has 3 aromatic carbocycles. The average Bonchev–Trinajstić information content (AvgIpc) is 2.89. The minimum absolute atomic E-state index is 0.553. The number of piperazine rings is 1. The lowest BCUT2D eigenvalue weighted by atomic mass is 10.1. The number of ether oxygens (including phenoxy) is 1. The molecule has 0 atom stereocenters. The predicted octanol–water partition coefficient (Wildman–Crippen LogP) is 5.54. The van der Waals surface area contributed by atoms with Gasteiger partial charge in [-0.3, -0.25) is 0 Å². The first-order valence-electron chi connectivity index (χ1n) is 11.8. The van der Waals surface area contributed by atoms with Crippen LogP contribution in [0.5, 0.6) is 11.5 Å². The summed E-state index contributed by atoms with van der Waals surface area (Å²) < 4.78 is 5.87. The van der Waals surface area contributed by atoms with Crippen LogP contribution < -0.4 is 25.6 Å². The summed E-state index contributed by atoms with van der Waals surface area (Å²) in [5, 5.41) is 3.32. The highest BCUT2D eigenvalue weighted by Crippen LogP contribution is 2.31. The number of hydrogen-bond donors (Lipinski definition) is 2.